The molecule has 1 N–H and O–H groups in total. The Balaban J connectivity index is 2.26. The van der Waals surface area contributed by atoms with Crippen molar-refractivity contribution in [3.63, 3.8) is 0 Å². The molecule has 0 amide bonds. The zero-order chi connectivity index (χ0) is 12.0. The van der Waals surface area contributed by atoms with Crippen molar-refractivity contribution in [3.05, 3.63) is 23.7 Å². The van der Waals surface area contributed by atoms with Crippen molar-refractivity contribution in [2.75, 3.05) is 13.2 Å². The Hall–Kier alpha value is -0.800. The fourth-order valence-corrected chi connectivity index (χ4v) is 1.49. The summed E-state index contributed by atoms with van der Waals surface area (Å²) in [6, 6.07) is 4.33. The van der Waals surface area contributed by atoms with Gasteiger partial charge in [-0.15, -0.1) is 0 Å². The summed E-state index contributed by atoms with van der Waals surface area (Å²) < 4.78 is 11.1. The van der Waals surface area contributed by atoms with Gasteiger partial charge >= 0.3 is 0 Å². The second-order valence-electron chi connectivity index (χ2n) is 4.25. The number of hydrogen-bond acceptors (Lipinski definition) is 3. The number of hydrogen-bond donors (Lipinski definition) is 1. The first-order chi connectivity index (χ1) is 7.63. The van der Waals surface area contributed by atoms with Gasteiger partial charge in [-0.2, -0.15) is 0 Å². The van der Waals surface area contributed by atoms with Gasteiger partial charge in [-0.05, 0) is 32.9 Å². The summed E-state index contributed by atoms with van der Waals surface area (Å²) >= 11 is 0. The number of furan rings is 1. The highest BCUT2D eigenvalue weighted by atomic mass is 16.5. The standard InChI is InChI=1S/C13H23NO2/c1-5-12-6-7-13(16-12)11(4)14-8-9-15-10(2)3/h6-7,10-11,14H,5,8-9H2,1-4H3. The second kappa shape index (κ2) is 6.71. The third-order valence-electron chi connectivity index (χ3n) is 2.46. The molecule has 0 bridgehead atoms. The smallest absolute Gasteiger partial charge is 0.120 e. The summed E-state index contributed by atoms with van der Waals surface area (Å²) in [7, 11) is 0. The van der Waals surface area contributed by atoms with Gasteiger partial charge in [0.05, 0.1) is 18.8 Å². The Bertz CT molecular complexity index is 294. The number of aryl methyl sites for hydroxylation is 1. The quantitative estimate of drug-likeness (QED) is 0.724. The van der Waals surface area contributed by atoms with Gasteiger partial charge in [0.1, 0.15) is 11.5 Å². The number of ether oxygens (including phenoxy) is 1. The SMILES string of the molecule is CCc1ccc(C(C)NCCOC(C)C)o1. The molecule has 1 unspecified atom stereocenters. The van der Waals surface area contributed by atoms with Crippen LogP contribution in [-0.4, -0.2) is 19.3 Å². The van der Waals surface area contributed by atoms with Crippen molar-refractivity contribution < 1.29 is 9.15 Å². The Morgan fingerprint density at radius 3 is 2.62 bits per heavy atom. The van der Waals surface area contributed by atoms with Gasteiger partial charge in [0.2, 0.25) is 0 Å². The van der Waals surface area contributed by atoms with Gasteiger partial charge < -0.3 is 14.5 Å². The van der Waals surface area contributed by atoms with Crippen molar-refractivity contribution in [1.82, 2.24) is 5.32 Å². The molecule has 3 nitrogen and oxygen atoms in total. The zero-order valence-electron chi connectivity index (χ0n) is 10.7. The van der Waals surface area contributed by atoms with Gasteiger partial charge in [-0.3, -0.25) is 0 Å². The molecule has 1 rings (SSSR count). The van der Waals surface area contributed by atoms with Crippen LogP contribution in [0.25, 0.3) is 0 Å². The molecular formula is C13H23NO2. The van der Waals surface area contributed by atoms with Crippen LogP contribution in [0.1, 0.15) is 45.3 Å². The molecule has 0 radical (unpaired) electrons. The van der Waals surface area contributed by atoms with Gasteiger partial charge in [-0.25, -0.2) is 0 Å². The van der Waals surface area contributed by atoms with E-state index < -0.39 is 0 Å². The molecule has 92 valence electrons. The fourth-order valence-electron chi connectivity index (χ4n) is 1.49. The van der Waals surface area contributed by atoms with Crippen LogP contribution >= 0.6 is 0 Å². The maximum absolute atomic E-state index is 5.67. The average molecular weight is 225 g/mol. The summed E-state index contributed by atoms with van der Waals surface area (Å²) in [6.45, 7) is 9.88. The molecule has 0 aromatic carbocycles. The van der Waals surface area contributed by atoms with Crippen molar-refractivity contribution in [1.29, 1.82) is 0 Å². The summed E-state index contributed by atoms with van der Waals surface area (Å²) in [5, 5.41) is 3.37. The van der Waals surface area contributed by atoms with Crippen LogP contribution in [0, 0.1) is 0 Å². The zero-order valence-corrected chi connectivity index (χ0v) is 10.7. The maximum atomic E-state index is 5.67. The van der Waals surface area contributed by atoms with Crippen LogP contribution in [0.3, 0.4) is 0 Å². The lowest BCUT2D eigenvalue weighted by Gasteiger charge is -2.12. The van der Waals surface area contributed by atoms with Gasteiger partial charge in [0.25, 0.3) is 0 Å². The molecule has 0 fully saturated rings. The molecule has 0 spiro atoms. The predicted octanol–water partition coefficient (Wildman–Crippen LogP) is 2.92. The highest BCUT2D eigenvalue weighted by Crippen LogP contribution is 2.16. The minimum Gasteiger partial charge on any atom is -0.464 e. The Morgan fingerprint density at radius 2 is 2.06 bits per heavy atom. The third kappa shape index (κ3) is 4.37. The van der Waals surface area contributed by atoms with E-state index in [4.69, 9.17) is 9.15 Å². The van der Waals surface area contributed by atoms with Gasteiger partial charge in [0.15, 0.2) is 0 Å². The highest BCUT2D eigenvalue weighted by Gasteiger charge is 2.08. The molecule has 0 saturated heterocycles. The van der Waals surface area contributed by atoms with Crippen molar-refractivity contribution in [2.24, 2.45) is 0 Å². The summed E-state index contributed by atoms with van der Waals surface area (Å²) in [5.41, 5.74) is 0. The van der Waals surface area contributed by atoms with E-state index in [-0.39, 0.29) is 6.04 Å². The van der Waals surface area contributed by atoms with Gasteiger partial charge in [-0.1, -0.05) is 6.92 Å². The highest BCUT2D eigenvalue weighted by molar-refractivity contribution is 5.09. The lowest BCUT2D eigenvalue weighted by atomic mass is 10.2. The molecule has 16 heavy (non-hydrogen) atoms. The number of rotatable bonds is 7. The maximum Gasteiger partial charge on any atom is 0.120 e. The van der Waals surface area contributed by atoms with Crippen LogP contribution in [0.5, 0.6) is 0 Å². The normalized spacial score (nSPS) is 13.3. The molecule has 3 heteroatoms. The summed E-state index contributed by atoms with van der Waals surface area (Å²) in [5.74, 6) is 2.04. The second-order valence-corrected chi connectivity index (χ2v) is 4.25. The van der Waals surface area contributed by atoms with Crippen LogP contribution < -0.4 is 5.32 Å². The minimum atomic E-state index is 0.246. The van der Waals surface area contributed by atoms with Gasteiger partial charge in [0, 0.05) is 13.0 Å². The predicted molar refractivity (Wildman–Crippen MR) is 65.6 cm³/mol. The van der Waals surface area contributed by atoms with E-state index in [0.717, 1.165) is 31.1 Å². The lowest BCUT2D eigenvalue weighted by Crippen LogP contribution is -2.24. The van der Waals surface area contributed by atoms with Crippen molar-refractivity contribution in [2.45, 2.75) is 46.3 Å². The van der Waals surface area contributed by atoms with Crippen molar-refractivity contribution >= 4 is 0 Å². The first-order valence-corrected chi connectivity index (χ1v) is 6.07. The molecule has 1 aromatic rings. The monoisotopic (exact) mass is 225 g/mol. The molecule has 1 atom stereocenters. The first kappa shape index (κ1) is 13.3. The molecule has 0 saturated carbocycles. The van der Waals surface area contributed by atoms with Crippen LogP contribution in [-0.2, 0) is 11.2 Å². The van der Waals surface area contributed by atoms with E-state index in [9.17, 15) is 0 Å². The fraction of sp³-hybridized carbons (Fsp3) is 0.692. The summed E-state index contributed by atoms with van der Waals surface area (Å²) in [4.78, 5) is 0. The van der Waals surface area contributed by atoms with Crippen LogP contribution in [0.4, 0.5) is 0 Å². The number of nitrogens with one attached hydrogen (secondary N) is 1. The summed E-state index contributed by atoms with van der Waals surface area (Å²) in [6.07, 6.45) is 1.25. The van der Waals surface area contributed by atoms with E-state index in [1.165, 1.54) is 0 Å². The Labute approximate surface area is 98.2 Å². The topological polar surface area (TPSA) is 34.4 Å². The molecule has 0 aliphatic rings. The first-order valence-electron chi connectivity index (χ1n) is 6.07. The largest absolute Gasteiger partial charge is 0.464 e. The van der Waals surface area contributed by atoms with Crippen LogP contribution in [0.15, 0.2) is 16.5 Å². The van der Waals surface area contributed by atoms with E-state index in [1.54, 1.807) is 0 Å². The van der Waals surface area contributed by atoms with Crippen LogP contribution in [0.2, 0.25) is 0 Å². The van der Waals surface area contributed by atoms with E-state index in [0.29, 0.717) is 6.10 Å². The lowest BCUT2D eigenvalue weighted by molar-refractivity contribution is 0.0792. The minimum absolute atomic E-state index is 0.246. The van der Waals surface area contributed by atoms with Crippen molar-refractivity contribution in [3.8, 4) is 0 Å². The van der Waals surface area contributed by atoms with E-state index in [2.05, 4.69) is 19.2 Å². The molecule has 0 aliphatic carbocycles. The van der Waals surface area contributed by atoms with E-state index >= 15 is 0 Å². The molecule has 1 heterocycles. The molecular weight excluding hydrogens is 202 g/mol. The Morgan fingerprint density at radius 1 is 1.31 bits per heavy atom. The average Bonchev–Trinajstić information content (AvgIpc) is 2.72. The van der Waals surface area contributed by atoms with E-state index in [1.807, 2.05) is 26.0 Å². The molecule has 1 aromatic heterocycles. The molecule has 0 aliphatic heterocycles. The third-order valence-corrected chi connectivity index (χ3v) is 2.46. The Kier molecular flexibility index (Phi) is 5.56.